The molecule has 74 valence electrons. The number of nitrogens with one attached hydrogen (secondary N) is 1. The highest BCUT2D eigenvalue weighted by molar-refractivity contribution is 7.99. The molecule has 1 N–H and O–H groups in total. The first kappa shape index (κ1) is 10.7. The number of carbonyl (C=O) groups excluding carboxylic acids is 1. The molecular weight excluding hydrogens is 200 g/mol. The van der Waals surface area contributed by atoms with Gasteiger partial charge in [0.25, 0.3) is 0 Å². The van der Waals surface area contributed by atoms with E-state index in [1.54, 1.807) is 6.92 Å². The van der Waals surface area contributed by atoms with Crippen molar-refractivity contribution in [2.75, 3.05) is 12.4 Å². The molecule has 1 heterocycles. The summed E-state index contributed by atoms with van der Waals surface area (Å²) in [6.45, 7) is 2.10. The van der Waals surface area contributed by atoms with Crippen LogP contribution in [0.3, 0.4) is 0 Å². The van der Waals surface area contributed by atoms with E-state index in [0.29, 0.717) is 23.2 Å². The normalized spacial score (nSPS) is 9.43. The monoisotopic (exact) mass is 210 g/mol. The minimum absolute atomic E-state index is 0.352. The van der Waals surface area contributed by atoms with Crippen molar-refractivity contribution < 1.29 is 9.53 Å². The third kappa shape index (κ3) is 2.82. The molecule has 0 spiro atoms. The van der Waals surface area contributed by atoms with E-state index in [1.807, 2.05) is 0 Å². The van der Waals surface area contributed by atoms with Crippen LogP contribution in [0.4, 0.5) is 0 Å². The van der Waals surface area contributed by atoms with E-state index in [4.69, 9.17) is 11.2 Å². The number of ether oxygens (including phenoxy) is 1. The molecule has 1 aromatic rings. The molecule has 0 radical (unpaired) electrons. The predicted molar refractivity (Wildman–Crippen MR) is 54.1 cm³/mol. The van der Waals surface area contributed by atoms with Crippen LogP contribution in [0.1, 0.15) is 17.4 Å². The summed E-state index contributed by atoms with van der Waals surface area (Å²) in [4.78, 5) is 18.0. The van der Waals surface area contributed by atoms with Gasteiger partial charge in [-0.15, -0.1) is 6.42 Å². The maximum atomic E-state index is 11.2. The highest BCUT2D eigenvalue weighted by Crippen LogP contribution is 2.12. The lowest BCUT2D eigenvalue weighted by Gasteiger charge is -1.96. The molecule has 0 unspecified atom stereocenters. The van der Waals surface area contributed by atoms with Gasteiger partial charge in [-0.2, -0.15) is 0 Å². The van der Waals surface area contributed by atoms with E-state index in [2.05, 4.69) is 15.9 Å². The van der Waals surface area contributed by atoms with Crippen LogP contribution in [0.2, 0.25) is 0 Å². The van der Waals surface area contributed by atoms with Crippen LogP contribution in [0.5, 0.6) is 0 Å². The first-order chi connectivity index (χ1) is 6.77. The van der Waals surface area contributed by atoms with Crippen LogP contribution in [0.15, 0.2) is 11.4 Å². The first-order valence-electron chi connectivity index (χ1n) is 4.06. The molecule has 14 heavy (non-hydrogen) atoms. The first-order valence-corrected chi connectivity index (χ1v) is 5.05. The largest absolute Gasteiger partial charge is 0.461 e. The molecule has 0 atom stereocenters. The Kier molecular flexibility index (Phi) is 4.08. The van der Waals surface area contributed by atoms with Gasteiger partial charge in [-0.05, 0) is 6.92 Å². The number of imidazole rings is 1. The summed E-state index contributed by atoms with van der Waals surface area (Å²) in [5, 5.41) is 0.631. The second-order valence-corrected chi connectivity index (χ2v) is 3.28. The van der Waals surface area contributed by atoms with Crippen LogP contribution >= 0.6 is 11.8 Å². The minimum atomic E-state index is -0.396. The van der Waals surface area contributed by atoms with Crippen LogP contribution in [0, 0.1) is 12.3 Å². The fourth-order valence-corrected chi connectivity index (χ4v) is 1.33. The van der Waals surface area contributed by atoms with Gasteiger partial charge in [0, 0.05) is 0 Å². The second-order valence-electron chi connectivity index (χ2n) is 2.32. The van der Waals surface area contributed by atoms with Crippen molar-refractivity contribution >= 4 is 17.7 Å². The lowest BCUT2D eigenvalue weighted by Crippen LogP contribution is -2.04. The predicted octanol–water partition coefficient (Wildman–Crippen LogP) is 1.31. The molecule has 0 saturated heterocycles. The van der Waals surface area contributed by atoms with Gasteiger partial charge in [0.2, 0.25) is 0 Å². The molecule has 0 aromatic carbocycles. The van der Waals surface area contributed by atoms with Gasteiger partial charge in [-0.25, -0.2) is 9.78 Å². The fraction of sp³-hybridized carbons (Fsp3) is 0.333. The van der Waals surface area contributed by atoms with Crippen molar-refractivity contribution in [3.05, 3.63) is 11.9 Å². The smallest absolute Gasteiger partial charge is 0.356 e. The van der Waals surface area contributed by atoms with Gasteiger partial charge in [-0.1, -0.05) is 17.7 Å². The van der Waals surface area contributed by atoms with Crippen molar-refractivity contribution in [3.63, 3.8) is 0 Å². The average Bonchev–Trinajstić information content (AvgIpc) is 2.63. The summed E-state index contributed by atoms with van der Waals surface area (Å²) >= 11 is 1.37. The molecule has 0 bridgehead atoms. The molecular formula is C9H10N2O2S. The van der Waals surface area contributed by atoms with E-state index in [9.17, 15) is 4.79 Å². The maximum absolute atomic E-state index is 11.2. The molecule has 0 aliphatic rings. The zero-order valence-electron chi connectivity index (χ0n) is 7.74. The number of rotatable bonds is 4. The van der Waals surface area contributed by atoms with Crippen molar-refractivity contribution in [1.82, 2.24) is 9.97 Å². The number of aromatic amines is 1. The molecule has 0 fully saturated rings. The number of H-pyrrole nitrogens is 1. The third-order valence-corrected chi connectivity index (χ3v) is 2.13. The molecule has 5 heteroatoms. The van der Waals surface area contributed by atoms with Gasteiger partial charge in [-0.3, -0.25) is 0 Å². The lowest BCUT2D eigenvalue weighted by molar-refractivity contribution is 0.0519. The van der Waals surface area contributed by atoms with Crippen LogP contribution in [0.25, 0.3) is 0 Å². The van der Waals surface area contributed by atoms with Crippen LogP contribution < -0.4 is 0 Å². The van der Waals surface area contributed by atoms with Gasteiger partial charge in [0.1, 0.15) is 5.69 Å². The summed E-state index contributed by atoms with van der Waals surface area (Å²) in [5.41, 5.74) is 0.353. The van der Waals surface area contributed by atoms with Gasteiger partial charge in [0.05, 0.1) is 18.6 Å². The van der Waals surface area contributed by atoms with E-state index in [-0.39, 0.29) is 0 Å². The molecule has 0 aliphatic carbocycles. The summed E-state index contributed by atoms with van der Waals surface area (Å²) in [6, 6.07) is 0. The topological polar surface area (TPSA) is 55.0 Å². The minimum Gasteiger partial charge on any atom is -0.461 e. The zero-order chi connectivity index (χ0) is 10.4. The molecule has 0 amide bonds. The van der Waals surface area contributed by atoms with Crippen molar-refractivity contribution in [2.45, 2.75) is 12.1 Å². The number of aromatic nitrogens is 2. The Hall–Kier alpha value is -1.41. The Morgan fingerprint density at radius 3 is 3.29 bits per heavy atom. The summed E-state index contributed by atoms with van der Waals surface area (Å²) in [7, 11) is 0. The van der Waals surface area contributed by atoms with E-state index < -0.39 is 5.97 Å². The van der Waals surface area contributed by atoms with Gasteiger partial charge in [0.15, 0.2) is 5.16 Å². The SMILES string of the molecule is C#CCSc1ncc(C(=O)OCC)[nH]1. The summed E-state index contributed by atoms with van der Waals surface area (Å²) in [5.74, 6) is 2.59. The lowest BCUT2D eigenvalue weighted by atomic mass is 10.5. The zero-order valence-corrected chi connectivity index (χ0v) is 8.56. The Morgan fingerprint density at radius 2 is 2.64 bits per heavy atom. The van der Waals surface area contributed by atoms with E-state index in [0.717, 1.165) is 0 Å². The number of terminal acetylenes is 1. The number of hydrogen-bond donors (Lipinski definition) is 1. The molecule has 1 rings (SSSR count). The quantitative estimate of drug-likeness (QED) is 0.462. The van der Waals surface area contributed by atoms with Crippen molar-refractivity contribution in [2.24, 2.45) is 0 Å². The van der Waals surface area contributed by atoms with Crippen LogP contribution in [-0.2, 0) is 4.74 Å². The number of hydrogen-bond acceptors (Lipinski definition) is 4. The molecule has 4 nitrogen and oxygen atoms in total. The Morgan fingerprint density at radius 1 is 1.86 bits per heavy atom. The number of carbonyl (C=O) groups is 1. The van der Waals surface area contributed by atoms with E-state index in [1.165, 1.54) is 18.0 Å². The average molecular weight is 210 g/mol. The highest BCUT2D eigenvalue weighted by atomic mass is 32.2. The highest BCUT2D eigenvalue weighted by Gasteiger charge is 2.09. The second kappa shape index (κ2) is 5.35. The number of esters is 1. The van der Waals surface area contributed by atoms with Crippen LogP contribution in [-0.4, -0.2) is 28.3 Å². The van der Waals surface area contributed by atoms with Crippen molar-refractivity contribution in [1.29, 1.82) is 0 Å². The Labute approximate surface area is 86.4 Å². The maximum Gasteiger partial charge on any atom is 0.356 e. The molecule has 1 aromatic heterocycles. The third-order valence-electron chi connectivity index (χ3n) is 1.34. The Balaban J connectivity index is 2.59. The van der Waals surface area contributed by atoms with Crippen molar-refractivity contribution in [3.8, 4) is 12.3 Å². The fourth-order valence-electron chi connectivity index (χ4n) is 0.799. The molecule has 0 aliphatic heterocycles. The summed E-state index contributed by atoms with van der Waals surface area (Å²) in [6.07, 6.45) is 6.53. The standard InChI is InChI=1S/C9H10N2O2S/c1-3-5-14-9-10-6-7(11-9)8(12)13-4-2/h1,6H,4-5H2,2H3,(H,10,11). The van der Waals surface area contributed by atoms with Gasteiger partial charge >= 0.3 is 5.97 Å². The molecule has 0 saturated carbocycles. The van der Waals surface area contributed by atoms with Gasteiger partial charge < -0.3 is 9.72 Å². The van der Waals surface area contributed by atoms with E-state index >= 15 is 0 Å². The Bertz CT molecular complexity index is 354. The number of nitrogens with zero attached hydrogens (tertiary/aromatic N) is 1. The number of thioether (sulfide) groups is 1. The summed E-state index contributed by atoms with van der Waals surface area (Å²) < 4.78 is 4.79.